The smallest absolute Gasteiger partial charge is 0.497 e. The number of ether oxygens (including phenoxy) is 3. The predicted molar refractivity (Wildman–Crippen MR) is 90.8 cm³/mol. The number of methoxy groups -OCH3 is 2. The normalized spacial score (nSPS) is 10.3. The van der Waals surface area contributed by atoms with E-state index in [0.717, 1.165) is 16.9 Å². The maximum absolute atomic E-state index is 11.5. The van der Waals surface area contributed by atoms with Gasteiger partial charge in [0.15, 0.2) is 0 Å². The number of nitrogens with zero attached hydrogens (tertiary/aromatic N) is 1. The van der Waals surface area contributed by atoms with Crippen molar-refractivity contribution >= 4 is 6.16 Å². The molecule has 6 nitrogen and oxygen atoms in total. The number of hydrogen-bond donors (Lipinski definition) is 0. The van der Waals surface area contributed by atoms with E-state index in [1.807, 2.05) is 42.5 Å². The number of oxazole rings is 1. The second kappa shape index (κ2) is 7.53. The van der Waals surface area contributed by atoms with E-state index < -0.39 is 6.16 Å². The standard InChI is InChI=1S/C19H17NO5/c1-22-15-10-8-14(9-11-15)17-20-16(12-13-6-4-3-5-7-13)18(24-17)25-19(21)23-2/h3-11H,12H2,1-2H3. The molecule has 1 heterocycles. The van der Waals surface area contributed by atoms with Crippen LogP contribution in [0.5, 0.6) is 11.7 Å². The van der Waals surface area contributed by atoms with Crippen LogP contribution in [0.4, 0.5) is 4.79 Å². The third kappa shape index (κ3) is 3.98. The topological polar surface area (TPSA) is 70.8 Å². The van der Waals surface area contributed by atoms with Gasteiger partial charge in [-0.05, 0) is 29.8 Å². The van der Waals surface area contributed by atoms with Crippen molar-refractivity contribution < 1.29 is 23.4 Å². The zero-order valence-corrected chi connectivity index (χ0v) is 13.9. The summed E-state index contributed by atoms with van der Waals surface area (Å²) in [4.78, 5) is 15.9. The number of carbonyl (C=O) groups excluding carboxylic acids is 1. The molecule has 0 aliphatic carbocycles. The zero-order valence-electron chi connectivity index (χ0n) is 13.9. The van der Waals surface area contributed by atoms with E-state index in [1.54, 1.807) is 19.2 Å². The quantitative estimate of drug-likeness (QED) is 0.652. The molecule has 128 valence electrons. The number of carbonyl (C=O) groups is 1. The van der Waals surface area contributed by atoms with Gasteiger partial charge in [0.05, 0.1) is 14.2 Å². The van der Waals surface area contributed by atoms with Crippen LogP contribution >= 0.6 is 0 Å². The minimum atomic E-state index is -0.855. The van der Waals surface area contributed by atoms with Crippen molar-refractivity contribution in [2.24, 2.45) is 0 Å². The van der Waals surface area contributed by atoms with E-state index in [1.165, 1.54) is 7.11 Å². The number of hydrogen-bond acceptors (Lipinski definition) is 6. The summed E-state index contributed by atoms with van der Waals surface area (Å²) in [5, 5.41) is 0. The Balaban J connectivity index is 1.93. The highest BCUT2D eigenvalue weighted by atomic mass is 16.7. The van der Waals surface area contributed by atoms with Crippen LogP contribution in [0.3, 0.4) is 0 Å². The molecule has 25 heavy (non-hydrogen) atoms. The molecule has 0 aliphatic heterocycles. The lowest BCUT2D eigenvalue weighted by atomic mass is 10.1. The third-order valence-corrected chi connectivity index (χ3v) is 3.56. The highest BCUT2D eigenvalue weighted by molar-refractivity contribution is 5.64. The Hall–Kier alpha value is -3.28. The molecule has 0 amide bonds. The van der Waals surface area contributed by atoms with Gasteiger partial charge in [-0.25, -0.2) is 9.78 Å². The first-order chi connectivity index (χ1) is 12.2. The average Bonchev–Trinajstić information content (AvgIpc) is 3.05. The van der Waals surface area contributed by atoms with E-state index in [-0.39, 0.29) is 5.95 Å². The van der Waals surface area contributed by atoms with Crippen LogP contribution < -0.4 is 9.47 Å². The van der Waals surface area contributed by atoms with Gasteiger partial charge < -0.3 is 18.6 Å². The fourth-order valence-corrected chi connectivity index (χ4v) is 2.29. The Bertz CT molecular complexity index is 840. The van der Waals surface area contributed by atoms with Gasteiger partial charge in [0.2, 0.25) is 5.89 Å². The first-order valence-electron chi connectivity index (χ1n) is 7.63. The Morgan fingerprint density at radius 2 is 1.76 bits per heavy atom. The summed E-state index contributed by atoms with van der Waals surface area (Å²) in [6.45, 7) is 0. The maximum Gasteiger partial charge on any atom is 0.516 e. The van der Waals surface area contributed by atoms with Crippen LogP contribution in [0.25, 0.3) is 11.5 Å². The lowest BCUT2D eigenvalue weighted by Crippen LogP contribution is -2.08. The molecular formula is C19H17NO5. The highest BCUT2D eigenvalue weighted by Crippen LogP contribution is 2.30. The first kappa shape index (κ1) is 16.6. The van der Waals surface area contributed by atoms with Gasteiger partial charge in [-0.1, -0.05) is 30.3 Å². The van der Waals surface area contributed by atoms with Gasteiger partial charge in [0.1, 0.15) is 11.4 Å². The molecule has 0 N–H and O–H groups in total. The van der Waals surface area contributed by atoms with Crippen molar-refractivity contribution in [2.75, 3.05) is 14.2 Å². The Labute approximate surface area is 145 Å². The number of benzene rings is 2. The molecule has 0 saturated heterocycles. The van der Waals surface area contributed by atoms with Gasteiger partial charge in [-0.2, -0.15) is 0 Å². The summed E-state index contributed by atoms with van der Waals surface area (Å²) >= 11 is 0. The summed E-state index contributed by atoms with van der Waals surface area (Å²) in [6.07, 6.45) is -0.390. The van der Waals surface area contributed by atoms with Gasteiger partial charge in [-0.15, -0.1) is 0 Å². The van der Waals surface area contributed by atoms with Crippen molar-refractivity contribution in [3.05, 3.63) is 65.9 Å². The number of rotatable bonds is 5. The molecule has 3 aromatic rings. The SMILES string of the molecule is COC(=O)Oc1oc(-c2ccc(OC)cc2)nc1Cc1ccccc1. The van der Waals surface area contributed by atoms with Crippen LogP contribution in [0, 0.1) is 0 Å². The Morgan fingerprint density at radius 1 is 1.04 bits per heavy atom. The molecule has 0 spiro atoms. The molecule has 2 aromatic carbocycles. The molecular weight excluding hydrogens is 322 g/mol. The summed E-state index contributed by atoms with van der Waals surface area (Å²) < 4.78 is 20.4. The second-order valence-corrected chi connectivity index (χ2v) is 5.20. The monoisotopic (exact) mass is 339 g/mol. The fourth-order valence-electron chi connectivity index (χ4n) is 2.29. The summed E-state index contributed by atoms with van der Waals surface area (Å²) in [6, 6.07) is 17.0. The lowest BCUT2D eigenvalue weighted by molar-refractivity contribution is 0.111. The minimum absolute atomic E-state index is 0.0292. The Morgan fingerprint density at radius 3 is 2.40 bits per heavy atom. The summed E-state index contributed by atoms with van der Waals surface area (Å²) in [7, 11) is 2.83. The molecule has 0 saturated carbocycles. The first-order valence-corrected chi connectivity index (χ1v) is 7.63. The second-order valence-electron chi connectivity index (χ2n) is 5.20. The van der Waals surface area contributed by atoms with E-state index in [9.17, 15) is 4.79 Å². The van der Waals surface area contributed by atoms with Crippen molar-refractivity contribution in [3.63, 3.8) is 0 Å². The van der Waals surface area contributed by atoms with Crippen LogP contribution in [-0.2, 0) is 11.2 Å². The predicted octanol–water partition coefficient (Wildman–Crippen LogP) is 4.09. The van der Waals surface area contributed by atoms with Crippen LogP contribution in [0.2, 0.25) is 0 Å². The van der Waals surface area contributed by atoms with Crippen molar-refractivity contribution in [2.45, 2.75) is 6.42 Å². The molecule has 0 atom stereocenters. The minimum Gasteiger partial charge on any atom is -0.497 e. The number of aromatic nitrogens is 1. The van der Waals surface area contributed by atoms with E-state index in [2.05, 4.69) is 9.72 Å². The van der Waals surface area contributed by atoms with Crippen LogP contribution in [0.1, 0.15) is 11.3 Å². The van der Waals surface area contributed by atoms with Gasteiger partial charge >= 0.3 is 12.1 Å². The summed E-state index contributed by atoms with van der Waals surface area (Å²) in [5.41, 5.74) is 2.28. The van der Waals surface area contributed by atoms with Crippen LogP contribution in [-0.4, -0.2) is 25.4 Å². The largest absolute Gasteiger partial charge is 0.516 e. The molecule has 0 fully saturated rings. The van der Waals surface area contributed by atoms with Crippen molar-refractivity contribution in [3.8, 4) is 23.1 Å². The molecule has 0 aliphatic rings. The third-order valence-electron chi connectivity index (χ3n) is 3.56. The Kier molecular flexibility index (Phi) is 4.99. The molecule has 0 bridgehead atoms. The van der Waals surface area contributed by atoms with Gasteiger partial charge in [0.25, 0.3) is 0 Å². The molecule has 0 radical (unpaired) electrons. The fraction of sp³-hybridized carbons (Fsp3) is 0.158. The molecule has 1 aromatic heterocycles. The van der Waals surface area contributed by atoms with Crippen LogP contribution in [0.15, 0.2) is 59.0 Å². The summed E-state index contributed by atoms with van der Waals surface area (Å²) in [5.74, 6) is 1.11. The van der Waals surface area contributed by atoms with Crippen molar-refractivity contribution in [1.29, 1.82) is 0 Å². The lowest BCUT2D eigenvalue weighted by Gasteiger charge is -2.01. The van der Waals surface area contributed by atoms with Crippen molar-refractivity contribution in [1.82, 2.24) is 4.98 Å². The average molecular weight is 339 g/mol. The molecule has 0 unspecified atom stereocenters. The highest BCUT2D eigenvalue weighted by Gasteiger charge is 2.19. The van der Waals surface area contributed by atoms with Gasteiger partial charge in [0, 0.05) is 12.0 Å². The van der Waals surface area contributed by atoms with Gasteiger partial charge in [-0.3, -0.25) is 0 Å². The van der Waals surface area contributed by atoms with E-state index in [4.69, 9.17) is 13.9 Å². The van der Waals surface area contributed by atoms with E-state index in [0.29, 0.717) is 18.0 Å². The molecule has 3 rings (SSSR count). The molecule has 6 heteroatoms. The van der Waals surface area contributed by atoms with E-state index >= 15 is 0 Å². The maximum atomic E-state index is 11.5. The zero-order chi connectivity index (χ0) is 17.6.